The highest BCUT2D eigenvalue weighted by Gasteiger charge is 2.16. The second-order valence-electron chi connectivity index (χ2n) is 4.64. The SMILES string of the molecule is COc1cc2nn(C3CCNCC3)cc2cc1Br. The highest BCUT2D eigenvalue weighted by molar-refractivity contribution is 9.10. The molecule has 1 aromatic carbocycles. The van der Waals surface area contributed by atoms with E-state index in [1.54, 1.807) is 7.11 Å². The Morgan fingerprint density at radius 1 is 1.39 bits per heavy atom. The Bertz CT molecular complexity index is 561. The Labute approximate surface area is 114 Å². The fourth-order valence-electron chi connectivity index (χ4n) is 2.46. The quantitative estimate of drug-likeness (QED) is 0.927. The first-order valence-corrected chi connectivity index (χ1v) is 7.00. The third-order valence-electron chi connectivity index (χ3n) is 3.48. The van der Waals surface area contributed by atoms with Crippen LogP contribution < -0.4 is 10.1 Å². The van der Waals surface area contributed by atoms with Crippen LogP contribution in [-0.2, 0) is 0 Å². The minimum absolute atomic E-state index is 0.517. The summed E-state index contributed by atoms with van der Waals surface area (Å²) in [6, 6.07) is 4.57. The molecule has 0 aliphatic carbocycles. The zero-order chi connectivity index (χ0) is 12.5. The molecule has 1 saturated heterocycles. The summed E-state index contributed by atoms with van der Waals surface area (Å²) in [6.45, 7) is 2.15. The van der Waals surface area contributed by atoms with Gasteiger partial charge in [0.15, 0.2) is 0 Å². The third kappa shape index (κ3) is 2.12. The molecule has 5 heteroatoms. The van der Waals surface area contributed by atoms with Gasteiger partial charge in [-0.3, -0.25) is 4.68 Å². The van der Waals surface area contributed by atoms with Crippen molar-refractivity contribution in [2.24, 2.45) is 0 Å². The molecule has 1 aliphatic heterocycles. The maximum Gasteiger partial charge on any atom is 0.135 e. The van der Waals surface area contributed by atoms with Crippen molar-refractivity contribution in [2.45, 2.75) is 18.9 Å². The standard InChI is InChI=1S/C13H16BrN3O/c1-18-13-7-12-9(6-11(13)14)8-17(16-12)10-2-4-15-5-3-10/h6-8,10,15H,2-5H2,1H3. The number of piperidine rings is 1. The second kappa shape index (κ2) is 4.90. The van der Waals surface area contributed by atoms with Crippen molar-refractivity contribution < 1.29 is 4.74 Å². The molecule has 3 rings (SSSR count). The van der Waals surface area contributed by atoms with Crippen LogP contribution in [0, 0.1) is 0 Å². The fourth-order valence-corrected chi connectivity index (χ4v) is 2.98. The van der Waals surface area contributed by atoms with Crippen molar-refractivity contribution in [3.63, 3.8) is 0 Å². The van der Waals surface area contributed by atoms with Gasteiger partial charge in [0, 0.05) is 17.6 Å². The van der Waals surface area contributed by atoms with E-state index in [1.807, 2.05) is 6.07 Å². The zero-order valence-corrected chi connectivity index (χ0v) is 11.9. The van der Waals surface area contributed by atoms with Crippen molar-refractivity contribution in [3.05, 3.63) is 22.8 Å². The normalized spacial score (nSPS) is 17.2. The molecule has 0 bridgehead atoms. The van der Waals surface area contributed by atoms with Gasteiger partial charge in [-0.2, -0.15) is 5.10 Å². The van der Waals surface area contributed by atoms with Gasteiger partial charge in [-0.15, -0.1) is 0 Å². The van der Waals surface area contributed by atoms with Gasteiger partial charge in [-0.1, -0.05) is 0 Å². The van der Waals surface area contributed by atoms with E-state index >= 15 is 0 Å². The topological polar surface area (TPSA) is 39.1 Å². The monoisotopic (exact) mass is 309 g/mol. The Kier molecular flexibility index (Phi) is 3.26. The number of methoxy groups -OCH3 is 1. The Hall–Kier alpha value is -1.07. The molecule has 0 saturated carbocycles. The van der Waals surface area contributed by atoms with Crippen molar-refractivity contribution in [1.29, 1.82) is 0 Å². The highest BCUT2D eigenvalue weighted by Crippen LogP contribution is 2.30. The van der Waals surface area contributed by atoms with Crippen LogP contribution in [0.1, 0.15) is 18.9 Å². The van der Waals surface area contributed by atoms with Crippen molar-refractivity contribution in [1.82, 2.24) is 15.1 Å². The molecule has 18 heavy (non-hydrogen) atoms. The molecule has 4 nitrogen and oxygen atoms in total. The minimum Gasteiger partial charge on any atom is -0.495 e. The number of rotatable bonds is 2. The molecule has 1 N–H and O–H groups in total. The van der Waals surface area contributed by atoms with Crippen LogP contribution in [-0.4, -0.2) is 30.0 Å². The van der Waals surface area contributed by atoms with E-state index in [1.165, 1.54) is 0 Å². The van der Waals surface area contributed by atoms with Gasteiger partial charge >= 0.3 is 0 Å². The van der Waals surface area contributed by atoms with Crippen LogP contribution >= 0.6 is 15.9 Å². The van der Waals surface area contributed by atoms with Crippen LogP contribution in [0.5, 0.6) is 5.75 Å². The first-order chi connectivity index (χ1) is 8.78. The lowest BCUT2D eigenvalue weighted by atomic mass is 10.1. The van der Waals surface area contributed by atoms with Crippen LogP contribution in [0.4, 0.5) is 0 Å². The first kappa shape index (κ1) is 12.0. The van der Waals surface area contributed by atoms with E-state index in [4.69, 9.17) is 4.74 Å². The number of nitrogens with zero attached hydrogens (tertiary/aromatic N) is 2. The lowest BCUT2D eigenvalue weighted by Crippen LogP contribution is -2.29. The molecule has 96 valence electrons. The number of hydrogen-bond donors (Lipinski definition) is 1. The number of hydrogen-bond acceptors (Lipinski definition) is 3. The van der Waals surface area contributed by atoms with Crippen molar-refractivity contribution >= 4 is 26.8 Å². The zero-order valence-electron chi connectivity index (χ0n) is 10.3. The predicted octanol–water partition coefficient (Wildman–Crippen LogP) is 2.73. The van der Waals surface area contributed by atoms with Crippen molar-refractivity contribution in [2.75, 3.05) is 20.2 Å². The van der Waals surface area contributed by atoms with Gasteiger partial charge in [-0.05, 0) is 47.9 Å². The molecule has 2 heterocycles. The van der Waals surface area contributed by atoms with Gasteiger partial charge in [-0.25, -0.2) is 0 Å². The third-order valence-corrected chi connectivity index (χ3v) is 4.10. The molecule has 0 unspecified atom stereocenters. The summed E-state index contributed by atoms with van der Waals surface area (Å²) in [5.41, 5.74) is 0.994. The Morgan fingerprint density at radius 2 is 2.17 bits per heavy atom. The van der Waals surface area contributed by atoms with E-state index < -0.39 is 0 Å². The average molecular weight is 310 g/mol. The molecular formula is C13H16BrN3O. The van der Waals surface area contributed by atoms with Gasteiger partial charge in [0.1, 0.15) is 5.75 Å². The number of ether oxygens (including phenoxy) is 1. The summed E-state index contributed by atoms with van der Waals surface area (Å²) >= 11 is 3.51. The lowest BCUT2D eigenvalue weighted by molar-refractivity contribution is 0.345. The molecule has 1 aromatic heterocycles. The van der Waals surface area contributed by atoms with Crippen LogP contribution in [0.15, 0.2) is 22.8 Å². The summed E-state index contributed by atoms with van der Waals surface area (Å²) < 4.78 is 8.38. The van der Waals surface area contributed by atoms with Gasteiger partial charge in [0.05, 0.1) is 23.1 Å². The van der Waals surface area contributed by atoms with Crippen molar-refractivity contribution in [3.8, 4) is 5.75 Å². The molecule has 0 atom stereocenters. The van der Waals surface area contributed by atoms with Crippen LogP contribution in [0.3, 0.4) is 0 Å². The minimum atomic E-state index is 0.517. The first-order valence-electron chi connectivity index (χ1n) is 6.21. The highest BCUT2D eigenvalue weighted by atomic mass is 79.9. The second-order valence-corrected chi connectivity index (χ2v) is 5.49. The largest absolute Gasteiger partial charge is 0.495 e. The average Bonchev–Trinajstić information content (AvgIpc) is 2.81. The summed E-state index contributed by atoms with van der Waals surface area (Å²) in [5.74, 6) is 0.832. The molecule has 1 aliphatic rings. The number of benzene rings is 1. The maximum absolute atomic E-state index is 5.30. The number of aromatic nitrogens is 2. The predicted molar refractivity (Wildman–Crippen MR) is 75.1 cm³/mol. The summed E-state index contributed by atoms with van der Waals surface area (Å²) in [4.78, 5) is 0. The van der Waals surface area contributed by atoms with E-state index in [0.717, 1.165) is 47.1 Å². The Balaban J connectivity index is 1.99. The molecule has 0 radical (unpaired) electrons. The molecular weight excluding hydrogens is 294 g/mol. The van der Waals surface area contributed by atoms with Gasteiger partial charge < -0.3 is 10.1 Å². The fraction of sp³-hybridized carbons (Fsp3) is 0.462. The number of fused-ring (bicyclic) bond motifs is 1. The van der Waals surface area contributed by atoms with Crippen LogP contribution in [0.25, 0.3) is 10.9 Å². The lowest BCUT2D eigenvalue weighted by Gasteiger charge is -2.22. The maximum atomic E-state index is 5.30. The summed E-state index contributed by atoms with van der Waals surface area (Å²) in [6.07, 6.45) is 4.42. The smallest absolute Gasteiger partial charge is 0.135 e. The molecule has 0 amide bonds. The van der Waals surface area contributed by atoms with Crippen LogP contribution in [0.2, 0.25) is 0 Å². The van der Waals surface area contributed by atoms with Gasteiger partial charge in [0.25, 0.3) is 0 Å². The van der Waals surface area contributed by atoms with E-state index in [0.29, 0.717) is 6.04 Å². The number of halogens is 1. The molecule has 0 spiro atoms. The van der Waals surface area contributed by atoms with Gasteiger partial charge in [0.2, 0.25) is 0 Å². The molecule has 2 aromatic rings. The summed E-state index contributed by atoms with van der Waals surface area (Å²) in [7, 11) is 1.68. The van der Waals surface area contributed by atoms with E-state index in [-0.39, 0.29) is 0 Å². The van der Waals surface area contributed by atoms with E-state index in [2.05, 4.69) is 43.3 Å². The number of nitrogens with one attached hydrogen (secondary N) is 1. The Morgan fingerprint density at radius 3 is 2.89 bits per heavy atom. The molecule has 1 fully saturated rings. The summed E-state index contributed by atoms with van der Waals surface area (Å²) in [5, 5.41) is 9.21. The van der Waals surface area contributed by atoms with E-state index in [9.17, 15) is 0 Å².